The summed E-state index contributed by atoms with van der Waals surface area (Å²) in [6, 6.07) is -1.22. The van der Waals surface area contributed by atoms with Gasteiger partial charge in [-0.15, -0.1) is 0 Å². The Kier molecular flexibility index (Phi) is 7.19. The van der Waals surface area contributed by atoms with E-state index in [2.05, 4.69) is 10.6 Å². The van der Waals surface area contributed by atoms with Gasteiger partial charge in [-0.3, -0.25) is 0 Å². The van der Waals surface area contributed by atoms with Crippen molar-refractivity contribution in [1.82, 2.24) is 10.6 Å². The fraction of sp³-hybridized carbons (Fsp3) is 0.667. The molecule has 2 N–H and O–H groups in total. The van der Waals surface area contributed by atoms with Crippen LogP contribution in [0.2, 0.25) is 0 Å². The van der Waals surface area contributed by atoms with Crippen molar-refractivity contribution in [2.75, 3.05) is 20.3 Å². The summed E-state index contributed by atoms with van der Waals surface area (Å²) in [6.07, 6.45) is 0. The lowest BCUT2D eigenvalue weighted by Crippen LogP contribution is -2.50. The molecule has 0 saturated carbocycles. The Balaban J connectivity index is 4.55. The SMILES string of the molecule is CCOC(=O)C(NC(=S)NC)C(=O)OCC. The Bertz CT molecular complexity index is 252. The van der Waals surface area contributed by atoms with Gasteiger partial charge in [0, 0.05) is 7.05 Å². The predicted molar refractivity (Wildman–Crippen MR) is 61.8 cm³/mol. The number of thiocarbonyl (C=S) groups is 1. The summed E-state index contributed by atoms with van der Waals surface area (Å²) >= 11 is 4.80. The molecule has 0 fully saturated rings. The van der Waals surface area contributed by atoms with Crippen LogP contribution in [0.3, 0.4) is 0 Å². The summed E-state index contributed by atoms with van der Waals surface area (Å²) in [7, 11) is 1.57. The average molecular weight is 248 g/mol. The van der Waals surface area contributed by atoms with Crippen molar-refractivity contribution in [3.05, 3.63) is 0 Å². The third-order valence-corrected chi connectivity index (χ3v) is 1.87. The summed E-state index contributed by atoms with van der Waals surface area (Å²) in [6.45, 7) is 3.67. The molecule has 0 aromatic carbocycles. The molecule has 0 heterocycles. The van der Waals surface area contributed by atoms with Crippen molar-refractivity contribution in [2.24, 2.45) is 0 Å². The van der Waals surface area contributed by atoms with Gasteiger partial charge in [0.1, 0.15) is 0 Å². The Labute approximate surface area is 99.7 Å². The van der Waals surface area contributed by atoms with Crippen LogP contribution in [-0.2, 0) is 19.1 Å². The molecule has 0 unspecified atom stereocenters. The van der Waals surface area contributed by atoms with Gasteiger partial charge in [0.2, 0.25) is 6.04 Å². The van der Waals surface area contributed by atoms with Crippen molar-refractivity contribution in [2.45, 2.75) is 19.9 Å². The third-order valence-electron chi connectivity index (χ3n) is 1.55. The number of carbonyl (C=O) groups excluding carboxylic acids is 2. The Morgan fingerprint density at radius 2 is 1.62 bits per heavy atom. The predicted octanol–water partition coefficient (Wildman–Crippen LogP) is -0.425. The van der Waals surface area contributed by atoms with Gasteiger partial charge in [0.25, 0.3) is 0 Å². The summed E-state index contributed by atoms with van der Waals surface area (Å²) in [5.74, 6) is -1.42. The zero-order valence-corrected chi connectivity index (χ0v) is 10.3. The fourth-order valence-electron chi connectivity index (χ4n) is 0.869. The molecule has 0 saturated heterocycles. The Hall–Kier alpha value is -1.37. The van der Waals surface area contributed by atoms with Crippen LogP contribution >= 0.6 is 12.2 Å². The van der Waals surface area contributed by atoms with Gasteiger partial charge in [-0.1, -0.05) is 0 Å². The van der Waals surface area contributed by atoms with Crippen molar-refractivity contribution in [3.63, 3.8) is 0 Å². The molecule has 0 aromatic heterocycles. The molecule has 0 bridgehead atoms. The Morgan fingerprint density at radius 3 is 1.94 bits per heavy atom. The minimum atomic E-state index is -1.22. The first-order valence-corrected chi connectivity index (χ1v) is 5.29. The molecular weight excluding hydrogens is 232 g/mol. The molecule has 0 spiro atoms. The van der Waals surface area contributed by atoms with Crippen LogP contribution in [0, 0.1) is 0 Å². The third kappa shape index (κ3) is 4.92. The summed E-state index contributed by atoms with van der Waals surface area (Å²) in [5, 5.41) is 5.27. The number of hydrogen-bond acceptors (Lipinski definition) is 5. The highest BCUT2D eigenvalue weighted by Gasteiger charge is 2.29. The molecular formula is C9H16N2O4S. The highest BCUT2D eigenvalue weighted by atomic mass is 32.1. The van der Waals surface area contributed by atoms with E-state index in [1.54, 1.807) is 20.9 Å². The van der Waals surface area contributed by atoms with Crippen LogP contribution in [0.5, 0.6) is 0 Å². The molecule has 0 aromatic rings. The summed E-state index contributed by atoms with van der Waals surface area (Å²) in [5.41, 5.74) is 0. The number of hydrogen-bond donors (Lipinski definition) is 2. The van der Waals surface area contributed by atoms with E-state index in [9.17, 15) is 9.59 Å². The Morgan fingerprint density at radius 1 is 1.19 bits per heavy atom. The largest absolute Gasteiger partial charge is 0.464 e. The molecule has 16 heavy (non-hydrogen) atoms. The second kappa shape index (κ2) is 7.86. The van der Waals surface area contributed by atoms with Crippen LogP contribution in [0.25, 0.3) is 0 Å². The number of rotatable bonds is 5. The van der Waals surface area contributed by atoms with Crippen molar-refractivity contribution in [1.29, 1.82) is 0 Å². The molecule has 0 atom stereocenters. The second-order valence-electron chi connectivity index (χ2n) is 2.66. The molecule has 0 rings (SSSR count). The van der Waals surface area contributed by atoms with Gasteiger partial charge < -0.3 is 20.1 Å². The standard InChI is InChI=1S/C9H16N2O4S/c1-4-14-7(12)6(8(13)15-5-2)11-9(16)10-3/h6H,4-5H2,1-3H3,(H2,10,11,16). The van der Waals surface area contributed by atoms with Crippen LogP contribution in [0.1, 0.15) is 13.8 Å². The van der Waals surface area contributed by atoms with Crippen LogP contribution in [-0.4, -0.2) is 43.4 Å². The molecule has 7 heteroatoms. The summed E-state index contributed by atoms with van der Waals surface area (Å²) in [4.78, 5) is 22.9. The number of carbonyl (C=O) groups is 2. The molecule has 0 aliphatic carbocycles. The smallest absolute Gasteiger partial charge is 0.340 e. The van der Waals surface area contributed by atoms with Crippen LogP contribution in [0.15, 0.2) is 0 Å². The normalized spacial score (nSPS) is 9.50. The lowest BCUT2D eigenvalue weighted by Gasteiger charge is -2.16. The highest BCUT2D eigenvalue weighted by Crippen LogP contribution is 1.94. The van der Waals surface area contributed by atoms with Gasteiger partial charge >= 0.3 is 11.9 Å². The average Bonchev–Trinajstić information content (AvgIpc) is 2.25. The molecule has 0 aliphatic rings. The van der Waals surface area contributed by atoms with Gasteiger partial charge in [-0.2, -0.15) is 0 Å². The molecule has 0 aliphatic heterocycles. The first-order chi connectivity index (χ1) is 7.56. The first-order valence-electron chi connectivity index (χ1n) is 4.88. The van der Waals surface area contributed by atoms with Gasteiger partial charge in [0.15, 0.2) is 5.11 Å². The molecule has 6 nitrogen and oxygen atoms in total. The van der Waals surface area contributed by atoms with E-state index in [1.807, 2.05) is 0 Å². The molecule has 92 valence electrons. The summed E-state index contributed by atoms with van der Waals surface area (Å²) < 4.78 is 9.45. The second-order valence-corrected chi connectivity index (χ2v) is 3.07. The van der Waals surface area contributed by atoms with E-state index in [-0.39, 0.29) is 18.3 Å². The van der Waals surface area contributed by atoms with Gasteiger partial charge in [-0.05, 0) is 26.1 Å². The van der Waals surface area contributed by atoms with E-state index in [0.717, 1.165) is 0 Å². The minimum Gasteiger partial charge on any atom is -0.464 e. The lowest BCUT2D eigenvalue weighted by molar-refractivity contribution is -0.157. The topological polar surface area (TPSA) is 76.7 Å². The maximum Gasteiger partial charge on any atom is 0.340 e. The number of ether oxygens (including phenoxy) is 2. The van der Waals surface area contributed by atoms with E-state index in [0.29, 0.717) is 0 Å². The van der Waals surface area contributed by atoms with Gasteiger partial charge in [-0.25, -0.2) is 9.59 Å². The monoisotopic (exact) mass is 248 g/mol. The van der Waals surface area contributed by atoms with Crippen molar-refractivity contribution in [3.8, 4) is 0 Å². The lowest BCUT2D eigenvalue weighted by atomic mass is 10.3. The van der Waals surface area contributed by atoms with E-state index < -0.39 is 18.0 Å². The van der Waals surface area contributed by atoms with E-state index in [1.165, 1.54) is 0 Å². The fourth-order valence-corrected chi connectivity index (χ4v) is 0.986. The highest BCUT2D eigenvalue weighted by molar-refractivity contribution is 7.80. The van der Waals surface area contributed by atoms with Crippen molar-refractivity contribution < 1.29 is 19.1 Å². The van der Waals surface area contributed by atoms with Gasteiger partial charge in [0.05, 0.1) is 13.2 Å². The first kappa shape index (κ1) is 14.6. The van der Waals surface area contributed by atoms with Crippen molar-refractivity contribution >= 4 is 29.3 Å². The maximum atomic E-state index is 11.4. The van der Waals surface area contributed by atoms with E-state index >= 15 is 0 Å². The maximum absolute atomic E-state index is 11.4. The van der Waals surface area contributed by atoms with Crippen LogP contribution in [0.4, 0.5) is 0 Å². The van der Waals surface area contributed by atoms with Crippen LogP contribution < -0.4 is 10.6 Å². The number of nitrogens with one attached hydrogen (secondary N) is 2. The zero-order chi connectivity index (χ0) is 12.6. The quantitative estimate of drug-likeness (QED) is 0.388. The molecule has 0 radical (unpaired) electrons. The molecule has 0 amide bonds. The van der Waals surface area contributed by atoms with E-state index in [4.69, 9.17) is 21.7 Å². The zero-order valence-electron chi connectivity index (χ0n) is 9.53. The number of esters is 2. The minimum absolute atomic E-state index is 0.172.